The number of benzene rings is 1. The van der Waals surface area contributed by atoms with Gasteiger partial charge in [-0.25, -0.2) is 19.3 Å². The van der Waals surface area contributed by atoms with Gasteiger partial charge in [0, 0.05) is 23.9 Å². The highest BCUT2D eigenvalue weighted by Crippen LogP contribution is 2.45. The third-order valence-electron chi connectivity index (χ3n) is 5.17. The molecule has 6 rings (SSSR count). The van der Waals surface area contributed by atoms with Crippen LogP contribution < -0.4 is 10.4 Å². The van der Waals surface area contributed by atoms with Crippen LogP contribution in [0.1, 0.15) is 24.0 Å². The normalized spacial score (nSPS) is 15.1. The lowest BCUT2D eigenvalue weighted by Gasteiger charge is -2.24. The predicted octanol–water partition coefficient (Wildman–Crippen LogP) is 3.55. The fourth-order valence-electron chi connectivity index (χ4n) is 3.80. The molecule has 0 saturated heterocycles. The molecular formula is C21H13N5O3. The first-order valence-corrected chi connectivity index (χ1v) is 9.10. The van der Waals surface area contributed by atoms with Crippen LogP contribution in [0.5, 0.6) is 11.6 Å². The van der Waals surface area contributed by atoms with E-state index in [0.717, 1.165) is 10.9 Å². The molecule has 0 aliphatic carbocycles. The summed E-state index contributed by atoms with van der Waals surface area (Å²) in [5.41, 5.74) is 2.59. The highest BCUT2D eigenvalue weighted by atomic mass is 16.5. The standard InChI is InChI=1S/C21H13N5O3/c1-11-15-17(13-6-2-3-7-14(13)28-21(15)27)29-20-16(11)19-24-18(25-26(19)10-23-20)12-5-4-8-22-9-12/h2-11H,1H3. The third kappa shape index (κ3) is 2.22. The van der Waals surface area contributed by atoms with Crippen LogP contribution in [0, 0.1) is 0 Å². The molecule has 0 bridgehead atoms. The Morgan fingerprint density at radius 2 is 2.00 bits per heavy atom. The van der Waals surface area contributed by atoms with Gasteiger partial charge < -0.3 is 9.15 Å². The average Bonchev–Trinajstić information content (AvgIpc) is 3.18. The van der Waals surface area contributed by atoms with Crippen molar-refractivity contribution in [2.24, 2.45) is 0 Å². The van der Waals surface area contributed by atoms with Crippen molar-refractivity contribution in [3.8, 4) is 23.0 Å². The number of ether oxygens (including phenoxy) is 1. The highest BCUT2D eigenvalue weighted by Gasteiger charge is 2.33. The van der Waals surface area contributed by atoms with E-state index in [1.165, 1.54) is 0 Å². The van der Waals surface area contributed by atoms with E-state index >= 15 is 0 Å². The van der Waals surface area contributed by atoms with Gasteiger partial charge in [0.15, 0.2) is 17.2 Å². The molecule has 0 N–H and O–H groups in total. The van der Waals surface area contributed by atoms with Gasteiger partial charge in [0.2, 0.25) is 5.88 Å². The topological polar surface area (TPSA) is 95.4 Å². The summed E-state index contributed by atoms with van der Waals surface area (Å²) in [5.74, 6) is 1.10. The molecule has 0 spiro atoms. The Balaban J connectivity index is 1.60. The predicted molar refractivity (Wildman–Crippen MR) is 104 cm³/mol. The molecule has 140 valence electrons. The zero-order valence-electron chi connectivity index (χ0n) is 15.2. The SMILES string of the molecule is CC1c2c(c3ccccc3oc2=O)Oc2ncn3nc(-c4cccnc4)nc3c21. The second-order valence-corrected chi connectivity index (χ2v) is 6.86. The maximum atomic E-state index is 12.7. The van der Waals surface area contributed by atoms with Crippen molar-refractivity contribution in [2.45, 2.75) is 12.8 Å². The van der Waals surface area contributed by atoms with Gasteiger partial charge in [0.1, 0.15) is 11.9 Å². The Morgan fingerprint density at radius 3 is 2.86 bits per heavy atom. The third-order valence-corrected chi connectivity index (χ3v) is 5.17. The second kappa shape index (κ2) is 5.71. The summed E-state index contributed by atoms with van der Waals surface area (Å²) in [4.78, 5) is 26.0. The van der Waals surface area contributed by atoms with Crippen molar-refractivity contribution in [2.75, 3.05) is 0 Å². The van der Waals surface area contributed by atoms with Crippen molar-refractivity contribution in [1.29, 1.82) is 0 Å². The fourth-order valence-corrected chi connectivity index (χ4v) is 3.80. The minimum atomic E-state index is -0.425. The molecule has 0 fully saturated rings. The van der Waals surface area contributed by atoms with E-state index in [1.807, 2.05) is 37.3 Å². The van der Waals surface area contributed by atoms with E-state index < -0.39 is 5.63 Å². The van der Waals surface area contributed by atoms with Gasteiger partial charge in [0.25, 0.3) is 0 Å². The molecule has 4 aromatic heterocycles. The lowest BCUT2D eigenvalue weighted by molar-refractivity contribution is 0.419. The van der Waals surface area contributed by atoms with Crippen molar-refractivity contribution < 1.29 is 9.15 Å². The van der Waals surface area contributed by atoms with Gasteiger partial charge in [-0.05, 0) is 24.3 Å². The number of nitrogens with zero attached hydrogens (tertiary/aromatic N) is 5. The van der Waals surface area contributed by atoms with Crippen LogP contribution in [-0.4, -0.2) is 24.6 Å². The van der Waals surface area contributed by atoms with Crippen LogP contribution >= 0.6 is 0 Å². The first kappa shape index (κ1) is 15.9. The maximum Gasteiger partial charge on any atom is 0.343 e. The molecule has 8 nitrogen and oxygen atoms in total. The number of hydrogen-bond donors (Lipinski definition) is 0. The number of para-hydroxylation sites is 1. The highest BCUT2D eigenvalue weighted by molar-refractivity contribution is 5.86. The largest absolute Gasteiger partial charge is 0.437 e. The number of pyridine rings is 1. The summed E-state index contributed by atoms with van der Waals surface area (Å²) in [6, 6.07) is 11.0. The zero-order chi connectivity index (χ0) is 19.5. The number of rotatable bonds is 1. The molecule has 1 aromatic carbocycles. The molecule has 1 atom stereocenters. The van der Waals surface area contributed by atoms with Crippen molar-refractivity contribution in [1.82, 2.24) is 24.6 Å². The van der Waals surface area contributed by atoms with Gasteiger partial charge in [-0.3, -0.25) is 4.98 Å². The molecule has 0 saturated carbocycles. The lowest BCUT2D eigenvalue weighted by atomic mass is 9.92. The summed E-state index contributed by atoms with van der Waals surface area (Å²) in [5, 5.41) is 5.23. The molecule has 1 unspecified atom stereocenters. The fraction of sp³-hybridized carbons (Fsp3) is 0.0952. The molecule has 0 amide bonds. The van der Waals surface area contributed by atoms with E-state index in [-0.39, 0.29) is 5.92 Å². The van der Waals surface area contributed by atoms with E-state index in [9.17, 15) is 4.79 Å². The van der Waals surface area contributed by atoms with Crippen LogP contribution in [0.2, 0.25) is 0 Å². The Kier molecular flexibility index (Phi) is 3.14. The lowest BCUT2D eigenvalue weighted by Crippen LogP contribution is -2.19. The quantitative estimate of drug-likeness (QED) is 0.409. The summed E-state index contributed by atoms with van der Waals surface area (Å²) in [6.07, 6.45) is 4.95. The number of hydrogen-bond acceptors (Lipinski definition) is 7. The first-order chi connectivity index (χ1) is 14.2. The van der Waals surface area contributed by atoms with E-state index in [1.54, 1.807) is 29.3 Å². The molecular weight excluding hydrogens is 370 g/mol. The monoisotopic (exact) mass is 383 g/mol. The van der Waals surface area contributed by atoms with Gasteiger partial charge >= 0.3 is 5.63 Å². The Morgan fingerprint density at radius 1 is 1.10 bits per heavy atom. The van der Waals surface area contributed by atoms with Crippen LogP contribution in [0.3, 0.4) is 0 Å². The average molecular weight is 383 g/mol. The summed E-state index contributed by atoms with van der Waals surface area (Å²) in [6.45, 7) is 1.92. The minimum absolute atomic E-state index is 0.322. The molecule has 29 heavy (non-hydrogen) atoms. The van der Waals surface area contributed by atoms with Crippen LogP contribution in [0.15, 0.2) is 64.3 Å². The molecule has 1 aliphatic heterocycles. The van der Waals surface area contributed by atoms with E-state index in [2.05, 4.69) is 20.1 Å². The minimum Gasteiger partial charge on any atom is -0.437 e. The Hall–Kier alpha value is -4.07. The Bertz CT molecular complexity index is 1470. The van der Waals surface area contributed by atoms with Crippen molar-refractivity contribution in [3.63, 3.8) is 0 Å². The molecule has 5 aromatic rings. The van der Waals surface area contributed by atoms with Crippen molar-refractivity contribution >= 4 is 16.6 Å². The zero-order valence-corrected chi connectivity index (χ0v) is 15.2. The van der Waals surface area contributed by atoms with Crippen LogP contribution in [0.4, 0.5) is 0 Å². The molecule has 1 aliphatic rings. The molecule has 8 heteroatoms. The van der Waals surface area contributed by atoms with Crippen LogP contribution in [0.25, 0.3) is 28.0 Å². The summed E-state index contributed by atoms with van der Waals surface area (Å²) >= 11 is 0. The van der Waals surface area contributed by atoms with E-state index in [4.69, 9.17) is 9.15 Å². The number of aromatic nitrogens is 5. The molecule has 0 radical (unpaired) electrons. The molecule has 5 heterocycles. The van der Waals surface area contributed by atoms with Gasteiger partial charge in [0.05, 0.1) is 16.5 Å². The smallest absolute Gasteiger partial charge is 0.343 e. The van der Waals surface area contributed by atoms with Gasteiger partial charge in [-0.2, -0.15) is 0 Å². The summed E-state index contributed by atoms with van der Waals surface area (Å²) in [7, 11) is 0. The van der Waals surface area contributed by atoms with E-state index in [0.29, 0.717) is 39.8 Å². The van der Waals surface area contributed by atoms with Crippen molar-refractivity contribution in [3.05, 3.63) is 76.7 Å². The van der Waals surface area contributed by atoms with Gasteiger partial charge in [-0.15, -0.1) is 5.10 Å². The maximum absolute atomic E-state index is 12.7. The summed E-state index contributed by atoms with van der Waals surface area (Å²) < 4.78 is 13.2. The second-order valence-electron chi connectivity index (χ2n) is 6.86. The Labute approximate surface area is 163 Å². The van der Waals surface area contributed by atoms with Gasteiger partial charge in [-0.1, -0.05) is 19.1 Å². The van der Waals surface area contributed by atoms with Crippen LogP contribution in [-0.2, 0) is 0 Å². The first-order valence-electron chi connectivity index (χ1n) is 9.10. The number of fused-ring (bicyclic) bond motifs is 6.